The number of nitrogens with zero attached hydrogens (tertiary/aromatic N) is 2. The van der Waals surface area contributed by atoms with Crippen molar-refractivity contribution >= 4 is 27.2 Å². The lowest BCUT2D eigenvalue weighted by Gasteiger charge is -2.09. The van der Waals surface area contributed by atoms with Gasteiger partial charge < -0.3 is 5.73 Å². The van der Waals surface area contributed by atoms with E-state index in [9.17, 15) is 4.79 Å². The molecule has 4 aromatic rings. The number of hydrogen-bond acceptors (Lipinski definition) is 3. The summed E-state index contributed by atoms with van der Waals surface area (Å²) >= 11 is 0. The first-order chi connectivity index (χ1) is 10.3. The van der Waals surface area contributed by atoms with E-state index >= 15 is 0 Å². The monoisotopic (exact) mass is 278 g/mol. The molecule has 104 valence electrons. The number of fused-ring (bicyclic) bond motifs is 4. The third-order valence-electron chi connectivity index (χ3n) is 3.88. The average Bonchev–Trinajstić information content (AvgIpc) is 2.87. The van der Waals surface area contributed by atoms with E-state index in [1.165, 1.54) is 5.39 Å². The summed E-state index contributed by atoms with van der Waals surface area (Å²) in [5.74, 6) is 0. The summed E-state index contributed by atoms with van der Waals surface area (Å²) in [7, 11) is 0. The van der Waals surface area contributed by atoms with Gasteiger partial charge in [-0.05, 0) is 46.8 Å². The van der Waals surface area contributed by atoms with Crippen molar-refractivity contribution in [1.29, 1.82) is 0 Å². The van der Waals surface area contributed by atoms with Crippen molar-refractivity contribution in [3.8, 4) is 0 Å². The quantitative estimate of drug-likeness (QED) is 0.549. The number of aromatic nitrogens is 3. The molecule has 0 bridgehead atoms. The van der Waals surface area contributed by atoms with Gasteiger partial charge in [-0.25, -0.2) is 14.3 Å². The summed E-state index contributed by atoms with van der Waals surface area (Å²) in [4.78, 5) is 11.9. The summed E-state index contributed by atoms with van der Waals surface area (Å²) in [6, 6.07) is 12.4. The lowest BCUT2D eigenvalue weighted by molar-refractivity contribution is 0.951. The van der Waals surface area contributed by atoms with Gasteiger partial charge in [0.15, 0.2) is 5.65 Å². The molecule has 0 unspecified atom stereocenters. The largest absolute Gasteiger partial charge is 0.347 e. The first-order valence-electron chi connectivity index (χ1n) is 6.89. The topological polar surface area (TPSA) is 76.2 Å². The van der Waals surface area contributed by atoms with Gasteiger partial charge in [-0.15, -0.1) is 0 Å². The van der Waals surface area contributed by atoms with Crippen LogP contribution in [0.3, 0.4) is 0 Å². The summed E-state index contributed by atoms with van der Waals surface area (Å²) < 4.78 is 1.56. The van der Waals surface area contributed by atoms with Crippen LogP contribution in [0.5, 0.6) is 0 Å². The zero-order chi connectivity index (χ0) is 14.4. The number of aromatic amines is 1. The lowest BCUT2D eigenvalue weighted by atomic mass is 10.00. The number of rotatable bonds is 2. The predicted molar refractivity (Wildman–Crippen MR) is 83.6 cm³/mol. The van der Waals surface area contributed by atoms with Gasteiger partial charge >= 0.3 is 5.69 Å². The van der Waals surface area contributed by atoms with Crippen LogP contribution < -0.4 is 11.4 Å². The molecule has 0 saturated carbocycles. The Balaban J connectivity index is 2.24. The first-order valence-corrected chi connectivity index (χ1v) is 6.89. The summed E-state index contributed by atoms with van der Waals surface area (Å²) in [6.45, 7) is 0.542. The molecule has 3 N–H and O–H groups in total. The Labute approximate surface area is 120 Å². The molecule has 0 aliphatic carbocycles. The van der Waals surface area contributed by atoms with Crippen molar-refractivity contribution in [2.45, 2.75) is 6.42 Å². The smallest absolute Gasteiger partial charge is 0.330 e. The fraction of sp³-hybridized carbons (Fsp3) is 0.125. The fourth-order valence-corrected chi connectivity index (χ4v) is 2.89. The molecule has 4 rings (SSSR count). The summed E-state index contributed by atoms with van der Waals surface area (Å²) in [5.41, 5.74) is 7.21. The molecule has 0 aliphatic heterocycles. The molecule has 0 amide bonds. The molecule has 0 fully saturated rings. The van der Waals surface area contributed by atoms with Crippen LogP contribution in [0.15, 0.2) is 47.4 Å². The molecule has 0 spiro atoms. The number of nitrogens with one attached hydrogen (secondary N) is 1. The lowest BCUT2D eigenvalue weighted by Crippen LogP contribution is -2.11. The van der Waals surface area contributed by atoms with E-state index in [-0.39, 0.29) is 5.69 Å². The number of H-pyrrole nitrogens is 1. The van der Waals surface area contributed by atoms with Crippen LogP contribution in [0.4, 0.5) is 0 Å². The second-order valence-corrected chi connectivity index (χ2v) is 5.16. The van der Waals surface area contributed by atoms with E-state index in [2.05, 4.69) is 34.5 Å². The van der Waals surface area contributed by atoms with Gasteiger partial charge in [0.1, 0.15) is 0 Å². The van der Waals surface area contributed by atoms with Crippen LogP contribution in [-0.4, -0.2) is 21.1 Å². The van der Waals surface area contributed by atoms with Crippen LogP contribution in [0, 0.1) is 0 Å². The van der Waals surface area contributed by atoms with Crippen LogP contribution in [0.25, 0.3) is 27.2 Å². The zero-order valence-corrected chi connectivity index (χ0v) is 11.3. The molecule has 0 saturated heterocycles. The molecule has 21 heavy (non-hydrogen) atoms. The average molecular weight is 278 g/mol. The SMILES string of the molecule is NCCc1cn2c(=O)[nH]nc2c2cc3ccccc3cc12. The van der Waals surface area contributed by atoms with Crippen LogP contribution in [0.1, 0.15) is 5.56 Å². The van der Waals surface area contributed by atoms with Gasteiger partial charge in [-0.3, -0.25) is 0 Å². The predicted octanol–water partition coefficient (Wildman–Crippen LogP) is 1.83. The number of hydrogen-bond donors (Lipinski definition) is 2. The number of benzene rings is 2. The van der Waals surface area contributed by atoms with E-state index in [1.807, 2.05) is 18.3 Å². The Morgan fingerprint density at radius 3 is 2.57 bits per heavy atom. The Kier molecular flexibility index (Phi) is 2.55. The van der Waals surface area contributed by atoms with Gasteiger partial charge in [0.2, 0.25) is 0 Å². The molecule has 5 nitrogen and oxygen atoms in total. The van der Waals surface area contributed by atoms with Gasteiger partial charge in [0, 0.05) is 11.6 Å². The molecule has 5 heteroatoms. The molecule has 2 aromatic carbocycles. The van der Waals surface area contributed by atoms with E-state index < -0.39 is 0 Å². The third kappa shape index (κ3) is 1.75. The molecule has 2 heterocycles. The molecule has 0 aliphatic rings. The van der Waals surface area contributed by atoms with E-state index in [0.717, 1.165) is 28.1 Å². The maximum absolute atomic E-state index is 11.9. The highest BCUT2D eigenvalue weighted by Gasteiger charge is 2.11. The fourth-order valence-electron chi connectivity index (χ4n) is 2.89. The minimum atomic E-state index is -0.224. The van der Waals surface area contributed by atoms with Crippen LogP contribution in [-0.2, 0) is 6.42 Å². The van der Waals surface area contributed by atoms with E-state index in [1.54, 1.807) is 4.40 Å². The second kappa shape index (κ2) is 4.43. The number of nitrogens with two attached hydrogens (primary N) is 1. The standard InChI is InChI=1S/C16H14N4O/c17-6-5-12-9-20-15(18-19-16(20)21)14-8-11-4-2-1-3-10(11)7-13(12)14/h1-4,7-9H,5-6,17H2,(H,19,21). The van der Waals surface area contributed by atoms with Crippen LogP contribution >= 0.6 is 0 Å². The summed E-state index contributed by atoms with van der Waals surface area (Å²) in [6.07, 6.45) is 2.56. The van der Waals surface area contributed by atoms with Crippen molar-refractivity contribution in [1.82, 2.24) is 14.6 Å². The molecule has 0 radical (unpaired) electrons. The van der Waals surface area contributed by atoms with Gasteiger partial charge in [-0.2, -0.15) is 5.10 Å². The van der Waals surface area contributed by atoms with E-state index in [0.29, 0.717) is 12.2 Å². The first kappa shape index (κ1) is 12.1. The minimum Gasteiger partial charge on any atom is -0.330 e. The normalized spacial score (nSPS) is 11.7. The van der Waals surface area contributed by atoms with Crippen LogP contribution in [0.2, 0.25) is 0 Å². The maximum atomic E-state index is 11.9. The third-order valence-corrected chi connectivity index (χ3v) is 3.88. The van der Waals surface area contributed by atoms with Crippen molar-refractivity contribution in [3.05, 3.63) is 58.6 Å². The van der Waals surface area contributed by atoms with Crippen molar-refractivity contribution < 1.29 is 0 Å². The van der Waals surface area contributed by atoms with Crippen molar-refractivity contribution in [3.63, 3.8) is 0 Å². The Bertz CT molecular complexity index is 1030. The van der Waals surface area contributed by atoms with Crippen molar-refractivity contribution in [2.75, 3.05) is 6.54 Å². The van der Waals surface area contributed by atoms with Gasteiger partial charge in [-0.1, -0.05) is 24.3 Å². The van der Waals surface area contributed by atoms with E-state index in [4.69, 9.17) is 5.73 Å². The highest BCUT2D eigenvalue weighted by atomic mass is 16.1. The molecule has 0 atom stereocenters. The van der Waals surface area contributed by atoms with Gasteiger partial charge in [0.05, 0.1) is 0 Å². The highest BCUT2D eigenvalue weighted by molar-refractivity contribution is 6.05. The molecule has 2 aromatic heterocycles. The molecular weight excluding hydrogens is 264 g/mol. The Morgan fingerprint density at radius 2 is 1.86 bits per heavy atom. The Hall–Kier alpha value is -2.66. The highest BCUT2D eigenvalue weighted by Crippen LogP contribution is 2.27. The Morgan fingerprint density at radius 1 is 1.14 bits per heavy atom. The van der Waals surface area contributed by atoms with Crippen molar-refractivity contribution in [2.24, 2.45) is 5.73 Å². The zero-order valence-electron chi connectivity index (χ0n) is 11.3. The van der Waals surface area contributed by atoms with Gasteiger partial charge in [0.25, 0.3) is 0 Å². The second-order valence-electron chi connectivity index (χ2n) is 5.16. The minimum absolute atomic E-state index is 0.224. The molecular formula is C16H14N4O. The number of pyridine rings is 1. The maximum Gasteiger partial charge on any atom is 0.347 e. The summed E-state index contributed by atoms with van der Waals surface area (Å²) in [5, 5.41) is 11.0.